The fourth-order valence-corrected chi connectivity index (χ4v) is 3.75. The highest BCUT2D eigenvalue weighted by Crippen LogP contribution is 2.20. The van der Waals surface area contributed by atoms with Crippen LogP contribution in [-0.2, 0) is 16.6 Å². The lowest BCUT2D eigenvalue weighted by Crippen LogP contribution is -2.43. The van der Waals surface area contributed by atoms with Gasteiger partial charge in [0.1, 0.15) is 12.4 Å². The summed E-state index contributed by atoms with van der Waals surface area (Å²) in [5.41, 5.74) is 1.63. The average Bonchev–Trinajstić information content (AvgIpc) is 2.71. The van der Waals surface area contributed by atoms with Gasteiger partial charge in [-0.3, -0.25) is 9.78 Å². The molecule has 1 N–H and O–H groups in total. The van der Waals surface area contributed by atoms with Gasteiger partial charge in [0.15, 0.2) is 0 Å². The maximum absolute atomic E-state index is 12.8. The first-order chi connectivity index (χ1) is 13.4. The number of hydrogen-bond acceptors (Lipinski definition) is 5. The number of aromatic nitrogens is 1. The number of benzene rings is 1. The van der Waals surface area contributed by atoms with Gasteiger partial charge < -0.3 is 9.64 Å². The van der Waals surface area contributed by atoms with Crippen molar-refractivity contribution in [2.45, 2.75) is 19.4 Å². The molecule has 0 spiro atoms. The monoisotopic (exact) mass is 403 g/mol. The zero-order chi connectivity index (χ0) is 20.0. The summed E-state index contributed by atoms with van der Waals surface area (Å²) in [6.45, 7) is 2.05. The number of carbonyl (C=O) groups is 1. The molecular formula is C20H25N3O4S. The van der Waals surface area contributed by atoms with Crippen LogP contribution in [0.4, 0.5) is 0 Å². The zero-order valence-corrected chi connectivity index (χ0v) is 16.7. The molecule has 7 nitrogen and oxygen atoms in total. The predicted octanol–water partition coefficient (Wildman–Crippen LogP) is 2.06. The second kappa shape index (κ2) is 9.16. The standard InChI is InChI=1S/C20H25N3O4S/c1-28(25,26)22-13-17-3-2-12-23(14-17)20(24)18-4-6-19(7-5-18)27-15-16-8-10-21-11-9-16/h4-11,17,22H,2-3,12-15H2,1H3/t17-/m1/s1. The molecular weight excluding hydrogens is 378 g/mol. The minimum atomic E-state index is -3.21. The Balaban J connectivity index is 1.54. The fraction of sp³-hybridized carbons (Fsp3) is 0.400. The van der Waals surface area contributed by atoms with Crippen molar-refractivity contribution in [1.82, 2.24) is 14.6 Å². The molecule has 0 saturated carbocycles. The molecule has 1 fully saturated rings. The predicted molar refractivity (Wildman–Crippen MR) is 106 cm³/mol. The Morgan fingerprint density at radius 3 is 2.61 bits per heavy atom. The Bertz CT molecular complexity index is 885. The molecule has 1 aromatic heterocycles. The molecule has 0 bridgehead atoms. The summed E-state index contributed by atoms with van der Waals surface area (Å²) in [7, 11) is -3.21. The lowest BCUT2D eigenvalue weighted by Gasteiger charge is -2.32. The van der Waals surface area contributed by atoms with Crippen LogP contribution < -0.4 is 9.46 Å². The van der Waals surface area contributed by atoms with Crippen LogP contribution in [0.5, 0.6) is 5.75 Å². The van der Waals surface area contributed by atoms with E-state index >= 15 is 0 Å². The highest BCUT2D eigenvalue weighted by molar-refractivity contribution is 7.88. The van der Waals surface area contributed by atoms with Crippen molar-refractivity contribution in [3.8, 4) is 5.75 Å². The first-order valence-corrected chi connectivity index (χ1v) is 11.2. The van der Waals surface area contributed by atoms with Crippen molar-refractivity contribution < 1.29 is 17.9 Å². The first kappa shape index (κ1) is 20.3. The van der Waals surface area contributed by atoms with Crippen LogP contribution in [0.3, 0.4) is 0 Å². The molecule has 150 valence electrons. The molecule has 1 saturated heterocycles. The van der Waals surface area contributed by atoms with Gasteiger partial charge >= 0.3 is 0 Å². The van der Waals surface area contributed by atoms with Crippen molar-refractivity contribution in [2.24, 2.45) is 5.92 Å². The third kappa shape index (κ3) is 6.03. The number of nitrogens with zero attached hydrogens (tertiary/aromatic N) is 2. The smallest absolute Gasteiger partial charge is 0.253 e. The van der Waals surface area contributed by atoms with Crippen LogP contribution in [0, 0.1) is 5.92 Å². The summed E-state index contributed by atoms with van der Waals surface area (Å²) in [6, 6.07) is 10.9. The maximum atomic E-state index is 12.8. The summed E-state index contributed by atoms with van der Waals surface area (Å²) in [6.07, 6.45) is 6.37. The third-order valence-electron chi connectivity index (χ3n) is 4.70. The molecule has 1 aliphatic rings. The summed E-state index contributed by atoms with van der Waals surface area (Å²) >= 11 is 0. The average molecular weight is 404 g/mol. The number of nitrogens with one attached hydrogen (secondary N) is 1. The van der Waals surface area contributed by atoms with Crippen molar-refractivity contribution in [3.63, 3.8) is 0 Å². The Kier molecular flexibility index (Phi) is 6.64. The molecule has 1 aliphatic heterocycles. The van der Waals surface area contributed by atoms with Gasteiger partial charge in [-0.2, -0.15) is 0 Å². The van der Waals surface area contributed by atoms with E-state index in [1.807, 2.05) is 12.1 Å². The van der Waals surface area contributed by atoms with Crippen molar-refractivity contribution in [1.29, 1.82) is 0 Å². The van der Waals surface area contributed by atoms with E-state index < -0.39 is 10.0 Å². The number of carbonyl (C=O) groups excluding carboxylic acids is 1. The van der Waals surface area contributed by atoms with E-state index in [-0.39, 0.29) is 11.8 Å². The lowest BCUT2D eigenvalue weighted by atomic mass is 9.97. The Hall–Kier alpha value is -2.45. The van der Waals surface area contributed by atoms with E-state index in [4.69, 9.17) is 4.74 Å². The van der Waals surface area contributed by atoms with Gasteiger partial charge in [-0.05, 0) is 60.7 Å². The molecule has 0 unspecified atom stereocenters. The van der Waals surface area contributed by atoms with Crippen LogP contribution in [0.2, 0.25) is 0 Å². The van der Waals surface area contributed by atoms with E-state index in [1.165, 1.54) is 0 Å². The Morgan fingerprint density at radius 2 is 1.93 bits per heavy atom. The maximum Gasteiger partial charge on any atom is 0.253 e. The first-order valence-electron chi connectivity index (χ1n) is 9.26. The van der Waals surface area contributed by atoms with Crippen LogP contribution in [0.25, 0.3) is 0 Å². The van der Waals surface area contributed by atoms with E-state index in [0.29, 0.717) is 37.6 Å². The van der Waals surface area contributed by atoms with Gasteiger partial charge in [-0.15, -0.1) is 0 Å². The zero-order valence-electron chi connectivity index (χ0n) is 15.9. The summed E-state index contributed by atoms with van der Waals surface area (Å²) < 4.78 is 30.8. The summed E-state index contributed by atoms with van der Waals surface area (Å²) in [4.78, 5) is 18.5. The molecule has 1 aromatic carbocycles. The van der Waals surface area contributed by atoms with E-state index in [2.05, 4.69) is 9.71 Å². The highest BCUT2D eigenvalue weighted by atomic mass is 32.2. The van der Waals surface area contributed by atoms with Crippen LogP contribution in [0.1, 0.15) is 28.8 Å². The van der Waals surface area contributed by atoms with E-state index in [9.17, 15) is 13.2 Å². The minimum Gasteiger partial charge on any atom is -0.489 e. The van der Waals surface area contributed by atoms with Crippen LogP contribution >= 0.6 is 0 Å². The number of likely N-dealkylation sites (tertiary alicyclic amines) is 1. The molecule has 2 aromatic rings. The SMILES string of the molecule is CS(=O)(=O)NC[C@H]1CCCN(C(=O)c2ccc(OCc3ccncc3)cc2)C1. The van der Waals surface area contributed by atoms with Gasteiger partial charge in [-0.25, -0.2) is 13.1 Å². The summed E-state index contributed by atoms with van der Waals surface area (Å²) in [5.74, 6) is 0.794. The van der Waals surface area contributed by atoms with Crippen LogP contribution in [0.15, 0.2) is 48.8 Å². The minimum absolute atomic E-state index is 0.0373. The number of amides is 1. The van der Waals surface area contributed by atoms with Crippen LogP contribution in [-0.4, -0.2) is 50.1 Å². The number of pyridine rings is 1. The van der Waals surface area contributed by atoms with Gasteiger partial charge in [0, 0.05) is 37.6 Å². The third-order valence-corrected chi connectivity index (χ3v) is 5.39. The van der Waals surface area contributed by atoms with Crippen molar-refractivity contribution in [2.75, 3.05) is 25.9 Å². The molecule has 0 aliphatic carbocycles. The Morgan fingerprint density at radius 1 is 1.21 bits per heavy atom. The fourth-order valence-electron chi connectivity index (χ4n) is 3.21. The Labute approximate surface area is 165 Å². The van der Waals surface area contributed by atoms with Crippen molar-refractivity contribution in [3.05, 3.63) is 59.9 Å². The van der Waals surface area contributed by atoms with Gasteiger partial charge in [0.25, 0.3) is 5.91 Å². The quantitative estimate of drug-likeness (QED) is 0.764. The number of hydrogen-bond donors (Lipinski definition) is 1. The molecule has 1 atom stereocenters. The van der Waals surface area contributed by atoms with E-state index in [1.54, 1.807) is 41.6 Å². The molecule has 8 heteroatoms. The summed E-state index contributed by atoms with van der Waals surface area (Å²) in [5, 5.41) is 0. The number of ether oxygens (including phenoxy) is 1. The second-order valence-corrected chi connectivity index (χ2v) is 8.88. The largest absolute Gasteiger partial charge is 0.489 e. The van der Waals surface area contributed by atoms with E-state index in [0.717, 1.165) is 24.7 Å². The van der Waals surface area contributed by atoms with Gasteiger partial charge in [0.05, 0.1) is 6.26 Å². The molecule has 28 heavy (non-hydrogen) atoms. The normalized spacial score (nSPS) is 17.3. The number of sulfonamides is 1. The number of rotatable bonds is 7. The number of piperidine rings is 1. The molecule has 3 rings (SSSR count). The molecule has 0 radical (unpaired) electrons. The topological polar surface area (TPSA) is 88.6 Å². The van der Waals surface area contributed by atoms with Gasteiger partial charge in [0.2, 0.25) is 10.0 Å². The molecule has 1 amide bonds. The second-order valence-electron chi connectivity index (χ2n) is 7.05. The van der Waals surface area contributed by atoms with Crippen molar-refractivity contribution >= 4 is 15.9 Å². The highest BCUT2D eigenvalue weighted by Gasteiger charge is 2.25. The molecule has 2 heterocycles. The van der Waals surface area contributed by atoms with Gasteiger partial charge in [-0.1, -0.05) is 0 Å². The lowest BCUT2D eigenvalue weighted by molar-refractivity contribution is 0.0676.